The molecule has 1 nitrogen and oxygen atoms in total. The summed E-state index contributed by atoms with van der Waals surface area (Å²) in [6.45, 7) is 0.0698. The number of hydrogen-bond donors (Lipinski definition) is 1. The molecule has 0 saturated heterocycles. The van der Waals surface area contributed by atoms with E-state index in [4.69, 9.17) is 0 Å². The van der Waals surface area contributed by atoms with E-state index in [2.05, 4.69) is 21.2 Å². The number of hydrogen-bond acceptors (Lipinski definition) is 1. The van der Waals surface area contributed by atoms with E-state index in [0.29, 0.717) is 22.2 Å². The van der Waals surface area contributed by atoms with Crippen LogP contribution in [0, 0.1) is 23.3 Å². The highest BCUT2D eigenvalue weighted by Crippen LogP contribution is 2.23. The van der Waals surface area contributed by atoms with Crippen LogP contribution < -0.4 is 5.32 Å². The first-order valence-corrected chi connectivity index (χ1v) is 6.09. The molecule has 0 aliphatic heterocycles. The molecule has 0 bridgehead atoms. The standard InChI is InChI=1S/C13H8BrF4N/c14-10-3-8(15)2-1-7(10)6-19-13-11(17)4-9(16)5-12(13)18/h1-5,19H,6H2. The minimum Gasteiger partial charge on any atom is -0.376 e. The van der Waals surface area contributed by atoms with E-state index in [-0.39, 0.29) is 6.54 Å². The maximum atomic E-state index is 13.4. The van der Waals surface area contributed by atoms with Gasteiger partial charge < -0.3 is 5.32 Å². The van der Waals surface area contributed by atoms with Gasteiger partial charge in [0.05, 0.1) is 0 Å². The second kappa shape index (κ2) is 5.61. The lowest BCUT2D eigenvalue weighted by Gasteiger charge is -2.10. The molecule has 2 rings (SSSR count). The lowest BCUT2D eigenvalue weighted by atomic mass is 10.2. The van der Waals surface area contributed by atoms with Gasteiger partial charge >= 0.3 is 0 Å². The normalized spacial score (nSPS) is 10.6. The van der Waals surface area contributed by atoms with E-state index < -0.39 is 29.0 Å². The summed E-state index contributed by atoms with van der Waals surface area (Å²) >= 11 is 3.14. The first kappa shape index (κ1) is 13.9. The van der Waals surface area contributed by atoms with Gasteiger partial charge in [0, 0.05) is 23.2 Å². The van der Waals surface area contributed by atoms with Crippen molar-refractivity contribution in [2.24, 2.45) is 0 Å². The highest BCUT2D eigenvalue weighted by molar-refractivity contribution is 9.10. The molecule has 0 aliphatic rings. The average molecular weight is 334 g/mol. The van der Waals surface area contributed by atoms with Crippen LogP contribution in [0.4, 0.5) is 23.2 Å². The van der Waals surface area contributed by atoms with Crippen molar-refractivity contribution in [3.63, 3.8) is 0 Å². The fraction of sp³-hybridized carbons (Fsp3) is 0.0769. The Morgan fingerprint density at radius 3 is 2.11 bits per heavy atom. The molecule has 0 atom stereocenters. The largest absolute Gasteiger partial charge is 0.376 e. The minimum atomic E-state index is -1.02. The molecule has 0 saturated carbocycles. The van der Waals surface area contributed by atoms with Crippen LogP contribution in [-0.2, 0) is 6.54 Å². The molecular weight excluding hydrogens is 326 g/mol. The van der Waals surface area contributed by atoms with Crippen LogP contribution in [0.3, 0.4) is 0 Å². The van der Waals surface area contributed by atoms with Gasteiger partial charge in [-0.2, -0.15) is 0 Å². The molecule has 0 amide bonds. The lowest BCUT2D eigenvalue weighted by molar-refractivity contribution is 0.547. The van der Waals surface area contributed by atoms with Gasteiger partial charge in [-0.05, 0) is 17.7 Å². The molecular formula is C13H8BrF4N. The summed E-state index contributed by atoms with van der Waals surface area (Å²) in [6.07, 6.45) is 0. The molecule has 2 aromatic carbocycles. The van der Waals surface area contributed by atoms with Crippen molar-refractivity contribution in [2.45, 2.75) is 6.54 Å². The zero-order chi connectivity index (χ0) is 14.0. The lowest BCUT2D eigenvalue weighted by Crippen LogP contribution is -2.05. The monoisotopic (exact) mass is 333 g/mol. The third-order valence-electron chi connectivity index (χ3n) is 2.48. The van der Waals surface area contributed by atoms with Gasteiger partial charge in [-0.15, -0.1) is 0 Å². The van der Waals surface area contributed by atoms with Crippen LogP contribution in [0.15, 0.2) is 34.8 Å². The summed E-state index contributed by atoms with van der Waals surface area (Å²) in [5.74, 6) is -3.44. The van der Waals surface area contributed by atoms with Crippen molar-refractivity contribution in [3.05, 3.63) is 63.6 Å². The molecule has 0 heterocycles. The second-order valence-corrected chi connectivity index (χ2v) is 4.69. The Morgan fingerprint density at radius 1 is 0.895 bits per heavy atom. The maximum absolute atomic E-state index is 13.4. The van der Waals surface area contributed by atoms with Crippen LogP contribution in [-0.4, -0.2) is 0 Å². The van der Waals surface area contributed by atoms with E-state index in [0.717, 1.165) is 0 Å². The second-order valence-electron chi connectivity index (χ2n) is 3.83. The third kappa shape index (κ3) is 3.26. The zero-order valence-electron chi connectivity index (χ0n) is 9.48. The Bertz CT molecular complexity index is 593. The summed E-state index contributed by atoms with van der Waals surface area (Å²) < 4.78 is 52.8. The van der Waals surface area contributed by atoms with Gasteiger partial charge in [-0.1, -0.05) is 22.0 Å². The Hall–Kier alpha value is -1.56. The van der Waals surface area contributed by atoms with Gasteiger partial charge in [0.25, 0.3) is 0 Å². The fourth-order valence-electron chi connectivity index (χ4n) is 1.56. The number of anilines is 1. The number of nitrogens with one attached hydrogen (secondary N) is 1. The highest BCUT2D eigenvalue weighted by atomic mass is 79.9. The summed E-state index contributed by atoms with van der Waals surface area (Å²) in [5, 5.41) is 2.52. The molecule has 100 valence electrons. The zero-order valence-corrected chi connectivity index (χ0v) is 11.1. The van der Waals surface area contributed by atoms with E-state index in [1.165, 1.54) is 18.2 Å². The van der Waals surface area contributed by atoms with E-state index in [1.807, 2.05) is 0 Å². The van der Waals surface area contributed by atoms with Gasteiger partial charge in [0.15, 0.2) is 11.6 Å². The molecule has 6 heteroatoms. The average Bonchev–Trinajstić information content (AvgIpc) is 2.30. The predicted molar refractivity (Wildman–Crippen MR) is 67.7 cm³/mol. The van der Waals surface area contributed by atoms with Gasteiger partial charge in [0.2, 0.25) is 0 Å². The minimum absolute atomic E-state index is 0.0698. The van der Waals surface area contributed by atoms with Gasteiger partial charge in [0.1, 0.15) is 17.3 Å². The molecule has 19 heavy (non-hydrogen) atoms. The number of halogens is 5. The predicted octanol–water partition coefficient (Wildman–Crippen LogP) is 4.62. The molecule has 0 fully saturated rings. The van der Waals surface area contributed by atoms with E-state index in [9.17, 15) is 17.6 Å². The van der Waals surface area contributed by atoms with Gasteiger partial charge in [-0.3, -0.25) is 0 Å². The van der Waals surface area contributed by atoms with Crippen molar-refractivity contribution < 1.29 is 17.6 Å². The highest BCUT2D eigenvalue weighted by Gasteiger charge is 2.11. The van der Waals surface area contributed by atoms with Crippen molar-refractivity contribution >= 4 is 21.6 Å². The first-order chi connectivity index (χ1) is 8.97. The first-order valence-electron chi connectivity index (χ1n) is 5.29. The Morgan fingerprint density at radius 2 is 1.53 bits per heavy atom. The Kier molecular flexibility index (Phi) is 4.09. The van der Waals surface area contributed by atoms with Crippen LogP contribution >= 0.6 is 15.9 Å². The topological polar surface area (TPSA) is 12.0 Å². The number of benzene rings is 2. The maximum Gasteiger partial charge on any atom is 0.152 e. The molecule has 2 aromatic rings. The van der Waals surface area contributed by atoms with Crippen molar-refractivity contribution in [1.29, 1.82) is 0 Å². The summed E-state index contributed by atoms with van der Waals surface area (Å²) in [7, 11) is 0. The molecule has 0 spiro atoms. The molecule has 0 aromatic heterocycles. The quantitative estimate of drug-likeness (QED) is 0.808. The van der Waals surface area contributed by atoms with E-state index in [1.54, 1.807) is 0 Å². The smallest absolute Gasteiger partial charge is 0.152 e. The van der Waals surface area contributed by atoms with Crippen molar-refractivity contribution in [1.82, 2.24) is 0 Å². The van der Waals surface area contributed by atoms with Gasteiger partial charge in [-0.25, -0.2) is 17.6 Å². The van der Waals surface area contributed by atoms with Crippen LogP contribution in [0.25, 0.3) is 0 Å². The van der Waals surface area contributed by atoms with Crippen molar-refractivity contribution in [3.8, 4) is 0 Å². The summed E-state index contributed by atoms with van der Waals surface area (Å²) in [6, 6.07) is 5.13. The SMILES string of the molecule is Fc1cc(F)c(NCc2ccc(F)cc2Br)c(F)c1. The number of rotatable bonds is 3. The Balaban J connectivity index is 2.19. The summed E-state index contributed by atoms with van der Waals surface area (Å²) in [4.78, 5) is 0. The van der Waals surface area contributed by atoms with E-state index >= 15 is 0 Å². The summed E-state index contributed by atoms with van der Waals surface area (Å²) in [5.41, 5.74) is 0.196. The van der Waals surface area contributed by atoms with Crippen LogP contribution in [0.2, 0.25) is 0 Å². The fourth-order valence-corrected chi connectivity index (χ4v) is 2.05. The Labute approximate surface area is 115 Å². The molecule has 1 N–H and O–H groups in total. The van der Waals surface area contributed by atoms with Crippen LogP contribution in [0.1, 0.15) is 5.56 Å². The van der Waals surface area contributed by atoms with Crippen molar-refractivity contribution in [2.75, 3.05) is 5.32 Å². The third-order valence-corrected chi connectivity index (χ3v) is 3.22. The molecule has 0 aliphatic carbocycles. The van der Waals surface area contributed by atoms with Crippen LogP contribution in [0.5, 0.6) is 0 Å². The molecule has 0 unspecified atom stereocenters. The molecule has 0 radical (unpaired) electrons.